The molecule has 0 unspecified atom stereocenters. The van der Waals surface area contributed by atoms with Crippen LogP contribution >= 0.6 is 0 Å². The molecule has 0 aromatic heterocycles. The van der Waals surface area contributed by atoms with Crippen LogP contribution in [0.5, 0.6) is 0 Å². The lowest BCUT2D eigenvalue weighted by Crippen LogP contribution is -2.51. The van der Waals surface area contributed by atoms with Gasteiger partial charge in [-0.05, 0) is 50.4 Å². The molecule has 0 aromatic rings. The van der Waals surface area contributed by atoms with Crippen molar-refractivity contribution in [1.29, 1.82) is 0 Å². The van der Waals surface area contributed by atoms with E-state index >= 15 is 0 Å². The van der Waals surface area contributed by atoms with Gasteiger partial charge >= 0.3 is 0 Å². The van der Waals surface area contributed by atoms with Crippen molar-refractivity contribution >= 4 is 5.78 Å². The molecule has 2 saturated carbocycles. The van der Waals surface area contributed by atoms with Crippen LogP contribution in [0, 0.1) is 17.3 Å². The van der Waals surface area contributed by atoms with E-state index < -0.39 is 0 Å². The zero-order valence-electron chi connectivity index (χ0n) is 17.2. The SMILES string of the molecule is CCCCC1(CCCC)COC2(CCC(C3CCC(=O)CC3)CC2)OC1. The molecule has 0 bridgehead atoms. The fraction of sp³-hybridized carbons (Fsp3) is 0.957. The Hall–Kier alpha value is -0.410. The van der Waals surface area contributed by atoms with Crippen LogP contribution in [0.15, 0.2) is 0 Å². The molecule has 1 saturated heterocycles. The summed E-state index contributed by atoms with van der Waals surface area (Å²) in [6.07, 6.45) is 16.0. The predicted octanol–water partition coefficient (Wildman–Crippen LogP) is 6.05. The van der Waals surface area contributed by atoms with Crippen LogP contribution in [0.1, 0.15) is 104 Å². The maximum atomic E-state index is 11.5. The molecule has 1 heterocycles. The van der Waals surface area contributed by atoms with Gasteiger partial charge in [0.25, 0.3) is 0 Å². The number of ketones is 1. The third-order valence-corrected chi connectivity index (χ3v) is 7.45. The minimum atomic E-state index is -0.289. The van der Waals surface area contributed by atoms with Gasteiger partial charge in [-0.3, -0.25) is 4.79 Å². The quantitative estimate of drug-likeness (QED) is 0.552. The van der Waals surface area contributed by atoms with Gasteiger partial charge in [-0.25, -0.2) is 0 Å². The predicted molar refractivity (Wildman–Crippen MR) is 105 cm³/mol. The number of Topliss-reactive ketones (excluding diaryl/α,β-unsaturated/α-hetero) is 1. The third kappa shape index (κ3) is 4.90. The second-order valence-electron chi connectivity index (χ2n) is 9.41. The second kappa shape index (κ2) is 9.19. The van der Waals surface area contributed by atoms with Gasteiger partial charge in [0.2, 0.25) is 0 Å². The van der Waals surface area contributed by atoms with Gasteiger partial charge in [0.1, 0.15) is 5.78 Å². The fourth-order valence-corrected chi connectivity index (χ4v) is 5.44. The van der Waals surface area contributed by atoms with E-state index in [1.165, 1.54) is 51.4 Å². The molecule has 1 aliphatic heterocycles. The molecule has 0 N–H and O–H groups in total. The van der Waals surface area contributed by atoms with Gasteiger partial charge in [0.05, 0.1) is 13.2 Å². The molecule has 1 spiro atoms. The maximum Gasteiger partial charge on any atom is 0.168 e. The van der Waals surface area contributed by atoms with E-state index in [1.54, 1.807) is 0 Å². The fourth-order valence-electron chi connectivity index (χ4n) is 5.44. The number of carbonyl (C=O) groups excluding carboxylic acids is 1. The Balaban J connectivity index is 1.50. The van der Waals surface area contributed by atoms with E-state index in [0.29, 0.717) is 5.78 Å². The summed E-state index contributed by atoms with van der Waals surface area (Å²) >= 11 is 0. The zero-order valence-corrected chi connectivity index (χ0v) is 17.2. The molecule has 0 atom stereocenters. The van der Waals surface area contributed by atoms with E-state index in [0.717, 1.165) is 63.6 Å². The van der Waals surface area contributed by atoms with Crippen molar-refractivity contribution in [1.82, 2.24) is 0 Å². The maximum absolute atomic E-state index is 11.5. The Labute approximate surface area is 160 Å². The van der Waals surface area contributed by atoms with Crippen molar-refractivity contribution in [2.24, 2.45) is 17.3 Å². The van der Waals surface area contributed by atoms with Crippen molar-refractivity contribution < 1.29 is 14.3 Å². The van der Waals surface area contributed by atoms with Gasteiger partial charge in [-0.1, -0.05) is 39.5 Å². The standard InChI is InChI=1S/C23H40O3/c1-3-5-13-22(14-6-4-2)17-25-23(26-18-22)15-11-20(12-16-23)19-7-9-21(24)10-8-19/h19-20H,3-18H2,1-2H3. The topological polar surface area (TPSA) is 35.5 Å². The summed E-state index contributed by atoms with van der Waals surface area (Å²) in [5.74, 6) is 1.74. The number of rotatable bonds is 7. The van der Waals surface area contributed by atoms with Gasteiger partial charge < -0.3 is 9.47 Å². The average Bonchev–Trinajstić information content (AvgIpc) is 2.68. The molecule has 0 aromatic carbocycles. The smallest absolute Gasteiger partial charge is 0.168 e. The second-order valence-corrected chi connectivity index (χ2v) is 9.41. The van der Waals surface area contributed by atoms with E-state index in [9.17, 15) is 4.79 Å². The summed E-state index contributed by atoms with van der Waals surface area (Å²) in [4.78, 5) is 11.5. The van der Waals surface area contributed by atoms with Crippen LogP contribution < -0.4 is 0 Å². The summed E-state index contributed by atoms with van der Waals surface area (Å²) in [7, 11) is 0. The van der Waals surface area contributed by atoms with Crippen molar-refractivity contribution in [3.8, 4) is 0 Å². The molecule has 2 aliphatic carbocycles. The lowest BCUT2D eigenvalue weighted by Gasteiger charge is -2.50. The molecule has 150 valence electrons. The highest BCUT2D eigenvalue weighted by Crippen LogP contribution is 2.47. The number of ether oxygens (including phenoxy) is 2. The van der Waals surface area contributed by atoms with E-state index in [4.69, 9.17) is 9.47 Å². The van der Waals surface area contributed by atoms with Gasteiger partial charge in [-0.15, -0.1) is 0 Å². The normalized spacial score (nSPS) is 27.1. The Morgan fingerprint density at radius 1 is 0.846 bits per heavy atom. The first-order valence-corrected chi connectivity index (χ1v) is 11.4. The molecule has 0 amide bonds. The first kappa shape index (κ1) is 20.3. The molecule has 0 radical (unpaired) electrons. The van der Waals surface area contributed by atoms with Crippen LogP contribution in [-0.2, 0) is 14.3 Å². The van der Waals surface area contributed by atoms with Gasteiger partial charge in [0, 0.05) is 31.1 Å². The summed E-state index contributed by atoms with van der Waals surface area (Å²) in [5.41, 5.74) is 0.262. The van der Waals surface area contributed by atoms with Crippen molar-refractivity contribution in [2.45, 2.75) is 110 Å². The summed E-state index contributed by atoms with van der Waals surface area (Å²) < 4.78 is 13.0. The number of hydrogen-bond donors (Lipinski definition) is 0. The molecule has 3 rings (SSSR count). The average molecular weight is 365 g/mol. The number of hydrogen-bond acceptors (Lipinski definition) is 3. The molecule has 3 heteroatoms. The molecule has 3 nitrogen and oxygen atoms in total. The van der Waals surface area contributed by atoms with Crippen molar-refractivity contribution in [3.05, 3.63) is 0 Å². The van der Waals surface area contributed by atoms with Crippen LogP contribution in [0.2, 0.25) is 0 Å². The summed E-state index contributed by atoms with van der Waals surface area (Å²) in [6.45, 7) is 6.35. The van der Waals surface area contributed by atoms with E-state index in [-0.39, 0.29) is 11.2 Å². The first-order valence-electron chi connectivity index (χ1n) is 11.4. The number of carbonyl (C=O) groups is 1. The zero-order chi connectivity index (χ0) is 18.5. The lowest BCUT2D eigenvalue weighted by atomic mass is 9.71. The Kier molecular flexibility index (Phi) is 7.18. The van der Waals surface area contributed by atoms with Crippen molar-refractivity contribution in [3.63, 3.8) is 0 Å². The third-order valence-electron chi connectivity index (χ3n) is 7.45. The van der Waals surface area contributed by atoms with Crippen LogP contribution in [0.3, 0.4) is 0 Å². The minimum Gasteiger partial charge on any atom is -0.349 e. The van der Waals surface area contributed by atoms with Crippen LogP contribution in [0.4, 0.5) is 0 Å². The molecule has 26 heavy (non-hydrogen) atoms. The lowest BCUT2D eigenvalue weighted by molar-refractivity contribution is -0.320. The minimum absolute atomic E-state index is 0.262. The monoisotopic (exact) mass is 364 g/mol. The Morgan fingerprint density at radius 3 is 1.85 bits per heavy atom. The summed E-state index contributed by atoms with van der Waals surface area (Å²) in [5, 5.41) is 0. The highest BCUT2D eigenvalue weighted by molar-refractivity contribution is 5.79. The number of unbranched alkanes of at least 4 members (excludes halogenated alkanes) is 2. The summed E-state index contributed by atoms with van der Waals surface area (Å²) in [6, 6.07) is 0. The largest absolute Gasteiger partial charge is 0.349 e. The first-order chi connectivity index (χ1) is 12.6. The Morgan fingerprint density at radius 2 is 1.35 bits per heavy atom. The molecular weight excluding hydrogens is 324 g/mol. The van der Waals surface area contributed by atoms with Crippen molar-refractivity contribution in [2.75, 3.05) is 13.2 Å². The highest BCUT2D eigenvalue weighted by Gasteiger charge is 2.46. The van der Waals surface area contributed by atoms with E-state index in [2.05, 4.69) is 13.8 Å². The molecular formula is C23H40O3. The molecule has 3 aliphatic rings. The van der Waals surface area contributed by atoms with E-state index in [1.807, 2.05) is 0 Å². The van der Waals surface area contributed by atoms with Gasteiger partial charge in [-0.2, -0.15) is 0 Å². The van der Waals surface area contributed by atoms with Crippen LogP contribution in [-0.4, -0.2) is 24.8 Å². The Bertz CT molecular complexity index is 420. The highest BCUT2D eigenvalue weighted by atomic mass is 16.7. The molecule has 3 fully saturated rings. The van der Waals surface area contributed by atoms with Crippen LogP contribution in [0.25, 0.3) is 0 Å². The van der Waals surface area contributed by atoms with Gasteiger partial charge in [0.15, 0.2) is 5.79 Å².